The summed E-state index contributed by atoms with van der Waals surface area (Å²) in [4.78, 5) is 2.51. The third kappa shape index (κ3) is 2.81. The van der Waals surface area contributed by atoms with Crippen molar-refractivity contribution >= 4 is 0 Å². The topological polar surface area (TPSA) is 21.7 Å². The lowest BCUT2D eigenvalue weighted by molar-refractivity contribution is 0.0452. The first kappa shape index (κ1) is 13.6. The Kier molecular flexibility index (Phi) is 3.51. The molecule has 2 aromatic rings. The summed E-state index contributed by atoms with van der Waals surface area (Å²) in [6, 6.07) is 17.8. The maximum Gasteiger partial charge on any atom is 0.127 e. The van der Waals surface area contributed by atoms with Gasteiger partial charge in [-0.2, -0.15) is 0 Å². The van der Waals surface area contributed by atoms with E-state index in [1.807, 2.05) is 54.6 Å². The van der Waals surface area contributed by atoms with Gasteiger partial charge in [0.15, 0.2) is 0 Å². The quantitative estimate of drug-likeness (QED) is 0.848. The van der Waals surface area contributed by atoms with Crippen LogP contribution < -0.4 is 9.47 Å². The minimum Gasteiger partial charge on any atom is -0.486 e. The van der Waals surface area contributed by atoms with Crippen LogP contribution in [0.25, 0.3) is 0 Å². The van der Waals surface area contributed by atoms with E-state index in [1.54, 1.807) is 0 Å². The van der Waals surface area contributed by atoms with Gasteiger partial charge in [-0.1, -0.05) is 18.2 Å². The van der Waals surface area contributed by atoms with Crippen molar-refractivity contribution in [3.63, 3.8) is 0 Å². The number of ether oxygens (including phenoxy) is 2. The molecule has 2 bridgehead atoms. The van der Waals surface area contributed by atoms with Crippen molar-refractivity contribution < 1.29 is 9.47 Å². The summed E-state index contributed by atoms with van der Waals surface area (Å²) in [7, 11) is 0. The number of fused-ring (bicyclic) bond motifs is 2. The molecule has 0 N–H and O–H groups in total. The Morgan fingerprint density at radius 1 is 0.773 bits per heavy atom. The molecule has 22 heavy (non-hydrogen) atoms. The molecule has 2 aliphatic rings. The van der Waals surface area contributed by atoms with Gasteiger partial charge < -0.3 is 9.47 Å². The highest BCUT2D eigenvalue weighted by Crippen LogP contribution is 2.36. The smallest absolute Gasteiger partial charge is 0.127 e. The van der Waals surface area contributed by atoms with Gasteiger partial charge in [0.25, 0.3) is 0 Å². The molecule has 0 amide bonds. The summed E-state index contributed by atoms with van der Waals surface area (Å²) in [5.74, 6) is 2.64. The number of hydrogen-bond acceptors (Lipinski definition) is 3. The zero-order valence-electron chi connectivity index (χ0n) is 12.7. The summed E-state index contributed by atoms with van der Waals surface area (Å²) in [6.07, 6.45) is 3.57. The maximum absolute atomic E-state index is 6.34. The Labute approximate surface area is 131 Å². The van der Waals surface area contributed by atoms with E-state index in [0.29, 0.717) is 0 Å². The van der Waals surface area contributed by atoms with Crippen molar-refractivity contribution in [1.29, 1.82) is 0 Å². The summed E-state index contributed by atoms with van der Waals surface area (Å²) in [6.45, 7) is 3.49. The van der Waals surface area contributed by atoms with Crippen molar-refractivity contribution in [3.05, 3.63) is 54.6 Å². The molecule has 0 aliphatic carbocycles. The SMILES string of the molecule is c1ccc(Oc2ccc(O[C@@]34CCCN(CC3)C4)cc2)cc1. The van der Waals surface area contributed by atoms with Crippen LogP contribution in [0.5, 0.6) is 17.2 Å². The molecule has 0 radical (unpaired) electrons. The maximum atomic E-state index is 6.34. The van der Waals surface area contributed by atoms with Crippen molar-refractivity contribution in [3.8, 4) is 17.2 Å². The fourth-order valence-electron chi connectivity index (χ4n) is 3.53. The van der Waals surface area contributed by atoms with Gasteiger partial charge in [0.1, 0.15) is 22.8 Å². The van der Waals surface area contributed by atoms with Crippen LogP contribution in [0, 0.1) is 0 Å². The zero-order valence-corrected chi connectivity index (χ0v) is 12.7. The molecule has 2 aromatic carbocycles. The summed E-state index contributed by atoms with van der Waals surface area (Å²) >= 11 is 0. The fourth-order valence-corrected chi connectivity index (χ4v) is 3.53. The van der Waals surface area contributed by atoms with Crippen molar-refractivity contribution in [2.45, 2.75) is 24.9 Å². The number of rotatable bonds is 4. The predicted octanol–water partition coefficient (Wildman–Crippen LogP) is 4.10. The van der Waals surface area contributed by atoms with Crippen LogP contribution in [0.1, 0.15) is 19.3 Å². The normalized spacial score (nSPS) is 26.6. The second-order valence-electron chi connectivity index (χ2n) is 6.30. The molecule has 114 valence electrons. The number of nitrogens with zero attached hydrogens (tertiary/aromatic N) is 1. The highest BCUT2D eigenvalue weighted by molar-refractivity contribution is 5.35. The van der Waals surface area contributed by atoms with Gasteiger partial charge in [-0.05, 0) is 55.8 Å². The molecule has 0 spiro atoms. The Morgan fingerprint density at radius 2 is 1.50 bits per heavy atom. The molecule has 4 rings (SSSR count). The third-order valence-corrected chi connectivity index (χ3v) is 4.64. The van der Waals surface area contributed by atoms with Crippen LogP contribution in [-0.4, -0.2) is 30.1 Å². The Balaban J connectivity index is 1.44. The lowest BCUT2D eigenvalue weighted by Gasteiger charge is -2.34. The van der Waals surface area contributed by atoms with Gasteiger partial charge in [0, 0.05) is 19.5 Å². The minimum atomic E-state index is 0.0417. The molecule has 0 saturated carbocycles. The molecular weight excluding hydrogens is 274 g/mol. The Bertz CT molecular complexity index is 622. The highest BCUT2D eigenvalue weighted by Gasteiger charge is 2.42. The van der Waals surface area contributed by atoms with Crippen LogP contribution in [0.15, 0.2) is 54.6 Å². The van der Waals surface area contributed by atoms with Crippen LogP contribution >= 0.6 is 0 Å². The number of piperidine rings is 1. The van der Waals surface area contributed by atoms with E-state index in [1.165, 1.54) is 25.9 Å². The van der Waals surface area contributed by atoms with Crippen LogP contribution in [0.2, 0.25) is 0 Å². The third-order valence-electron chi connectivity index (χ3n) is 4.64. The van der Waals surface area contributed by atoms with Gasteiger partial charge in [-0.15, -0.1) is 0 Å². The van der Waals surface area contributed by atoms with Crippen molar-refractivity contribution in [2.24, 2.45) is 0 Å². The Morgan fingerprint density at radius 3 is 2.32 bits per heavy atom. The average molecular weight is 295 g/mol. The molecule has 1 unspecified atom stereocenters. The molecule has 0 aromatic heterocycles. The lowest BCUT2D eigenvalue weighted by atomic mass is 9.94. The first-order chi connectivity index (χ1) is 10.8. The van der Waals surface area contributed by atoms with Gasteiger partial charge >= 0.3 is 0 Å². The highest BCUT2D eigenvalue weighted by atomic mass is 16.5. The number of hydrogen-bond donors (Lipinski definition) is 0. The Hall–Kier alpha value is -2.00. The van der Waals surface area contributed by atoms with Crippen LogP contribution in [0.3, 0.4) is 0 Å². The van der Waals surface area contributed by atoms with Gasteiger partial charge in [0.05, 0.1) is 0 Å². The molecule has 2 fully saturated rings. The largest absolute Gasteiger partial charge is 0.486 e. The molecule has 2 aliphatic heterocycles. The van der Waals surface area contributed by atoms with Crippen LogP contribution in [0.4, 0.5) is 0 Å². The van der Waals surface area contributed by atoms with Crippen LogP contribution in [-0.2, 0) is 0 Å². The monoisotopic (exact) mass is 295 g/mol. The predicted molar refractivity (Wildman–Crippen MR) is 86.6 cm³/mol. The molecule has 2 atom stereocenters. The second-order valence-corrected chi connectivity index (χ2v) is 6.30. The lowest BCUT2D eigenvalue weighted by Crippen LogP contribution is -2.43. The second kappa shape index (κ2) is 5.65. The molecule has 3 heteroatoms. The summed E-state index contributed by atoms with van der Waals surface area (Å²) < 4.78 is 12.2. The van der Waals surface area contributed by atoms with Crippen molar-refractivity contribution in [1.82, 2.24) is 4.90 Å². The van der Waals surface area contributed by atoms with Gasteiger partial charge in [-0.3, -0.25) is 4.90 Å². The average Bonchev–Trinajstić information content (AvgIpc) is 2.84. The molecule has 2 heterocycles. The molecule has 3 nitrogen and oxygen atoms in total. The van der Waals surface area contributed by atoms with Crippen molar-refractivity contribution in [2.75, 3.05) is 19.6 Å². The van der Waals surface area contributed by atoms with E-state index in [2.05, 4.69) is 4.90 Å². The van der Waals surface area contributed by atoms with E-state index in [4.69, 9.17) is 9.47 Å². The van der Waals surface area contributed by atoms with E-state index < -0.39 is 0 Å². The number of para-hydroxylation sites is 1. The molecular formula is C19H21NO2. The minimum absolute atomic E-state index is 0.0417. The van der Waals surface area contributed by atoms with E-state index in [9.17, 15) is 0 Å². The van der Waals surface area contributed by atoms with Gasteiger partial charge in [-0.25, -0.2) is 0 Å². The van der Waals surface area contributed by atoms with E-state index >= 15 is 0 Å². The molecule has 2 saturated heterocycles. The first-order valence-electron chi connectivity index (χ1n) is 8.06. The van der Waals surface area contributed by atoms with E-state index in [0.717, 1.165) is 30.2 Å². The first-order valence-corrected chi connectivity index (χ1v) is 8.06. The van der Waals surface area contributed by atoms with E-state index in [-0.39, 0.29) is 5.60 Å². The number of benzene rings is 2. The fraction of sp³-hybridized carbons (Fsp3) is 0.368. The summed E-state index contributed by atoms with van der Waals surface area (Å²) in [5.41, 5.74) is 0.0417. The zero-order chi connectivity index (χ0) is 14.8. The standard InChI is InChI=1S/C19H21NO2/c1-2-5-16(6-3-1)21-17-7-9-18(10-8-17)22-19-11-4-13-20(15-19)14-12-19/h1-3,5-10H,4,11-15H2/t19-/m0/s1. The van der Waals surface area contributed by atoms with Gasteiger partial charge in [0.2, 0.25) is 0 Å². The summed E-state index contributed by atoms with van der Waals surface area (Å²) in [5, 5.41) is 0.